The topological polar surface area (TPSA) is 88.1 Å². The molecule has 1 unspecified atom stereocenters. The SMILES string of the molecule is CCOc1cc(C(C)N(CCCCc2ccccc2)C(=O)NC2(C(=O)O)CC(F)(F)C2)c(Cl)c(OCC)c1C. The summed E-state index contributed by atoms with van der Waals surface area (Å²) in [6, 6.07) is 10.3. The number of aryl methyl sites for hydroxylation is 1. The zero-order chi connectivity index (χ0) is 28.8. The van der Waals surface area contributed by atoms with Crippen molar-refractivity contribution in [3.05, 3.63) is 58.1 Å². The van der Waals surface area contributed by atoms with Gasteiger partial charge in [-0.2, -0.15) is 0 Å². The summed E-state index contributed by atoms with van der Waals surface area (Å²) in [7, 11) is 0. The molecule has 0 radical (unpaired) electrons. The van der Waals surface area contributed by atoms with Gasteiger partial charge >= 0.3 is 12.0 Å². The predicted molar refractivity (Wildman–Crippen MR) is 146 cm³/mol. The number of carbonyl (C=O) groups is 2. The van der Waals surface area contributed by atoms with Crippen molar-refractivity contribution >= 4 is 23.6 Å². The predicted octanol–water partition coefficient (Wildman–Crippen LogP) is 6.79. The number of carboxylic acid groups (broad SMARTS) is 1. The third kappa shape index (κ3) is 7.12. The Labute approximate surface area is 233 Å². The molecule has 1 saturated carbocycles. The second-order valence-corrected chi connectivity index (χ2v) is 10.3. The molecule has 0 heterocycles. The largest absolute Gasteiger partial charge is 0.493 e. The fourth-order valence-electron chi connectivity index (χ4n) is 4.94. The Kier molecular flexibility index (Phi) is 10.0. The molecule has 1 aliphatic rings. The highest BCUT2D eigenvalue weighted by molar-refractivity contribution is 6.33. The second-order valence-electron chi connectivity index (χ2n) is 9.94. The van der Waals surface area contributed by atoms with Crippen LogP contribution in [0.3, 0.4) is 0 Å². The molecular formula is C29H37ClF2N2O5. The molecule has 0 spiro atoms. The first kappa shape index (κ1) is 30.5. The van der Waals surface area contributed by atoms with Crippen LogP contribution in [0.2, 0.25) is 5.02 Å². The van der Waals surface area contributed by atoms with Gasteiger partial charge in [0.25, 0.3) is 5.92 Å². The molecule has 10 heteroatoms. The molecule has 3 rings (SSSR count). The van der Waals surface area contributed by atoms with Crippen LogP contribution >= 0.6 is 11.6 Å². The van der Waals surface area contributed by atoms with Crippen molar-refractivity contribution < 1.29 is 33.0 Å². The fraction of sp³-hybridized carbons (Fsp3) is 0.517. The van der Waals surface area contributed by atoms with Crippen LogP contribution in [0.25, 0.3) is 0 Å². The number of aliphatic carboxylic acids is 1. The van der Waals surface area contributed by atoms with Gasteiger partial charge in [0.2, 0.25) is 0 Å². The lowest BCUT2D eigenvalue weighted by molar-refractivity contribution is -0.175. The van der Waals surface area contributed by atoms with E-state index in [9.17, 15) is 23.5 Å². The van der Waals surface area contributed by atoms with E-state index in [1.54, 1.807) is 13.0 Å². The average Bonchev–Trinajstić information content (AvgIpc) is 2.87. The quantitative estimate of drug-likeness (QED) is 0.261. The molecular weight excluding hydrogens is 530 g/mol. The van der Waals surface area contributed by atoms with E-state index < -0.39 is 42.3 Å². The van der Waals surface area contributed by atoms with Crippen molar-refractivity contribution in [3.63, 3.8) is 0 Å². The lowest BCUT2D eigenvalue weighted by Gasteiger charge is -2.45. The van der Waals surface area contributed by atoms with Crippen LogP contribution in [0, 0.1) is 6.92 Å². The van der Waals surface area contributed by atoms with Crippen LogP contribution in [0.4, 0.5) is 13.6 Å². The maximum Gasteiger partial charge on any atom is 0.329 e. The number of amides is 2. The van der Waals surface area contributed by atoms with Crippen molar-refractivity contribution in [2.24, 2.45) is 0 Å². The summed E-state index contributed by atoms with van der Waals surface area (Å²) in [5, 5.41) is 12.4. The molecule has 2 aromatic rings. The number of rotatable bonds is 13. The first-order valence-electron chi connectivity index (χ1n) is 13.3. The number of hydrogen-bond acceptors (Lipinski definition) is 4. The van der Waals surface area contributed by atoms with Crippen LogP contribution in [0.1, 0.15) is 69.2 Å². The van der Waals surface area contributed by atoms with Gasteiger partial charge in [-0.1, -0.05) is 41.9 Å². The average molecular weight is 567 g/mol. The smallest absolute Gasteiger partial charge is 0.329 e. The van der Waals surface area contributed by atoms with Gasteiger partial charge in [-0.05, 0) is 58.6 Å². The van der Waals surface area contributed by atoms with Crippen molar-refractivity contribution in [1.82, 2.24) is 10.2 Å². The Morgan fingerprint density at radius 3 is 2.33 bits per heavy atom. The number of nitrogens with zero attached hydrogens (tertiary/aromatic N) is 1. The number of carbonyl (C=O) groups excluding carboxylic acids is 1. The van der Waals surface area contributed by atoms with E-state index >= 15 is 0 Å². The Balaban J connectivity index is 1.90. The summed E-state index contributed by atoms with van der Waals surface area (Å²) in [5.74, 6) is -3.63. The van der Waals surface area contributed by atoms with Gasteiger partial charge in [0.1, 0.15) is 11.5 Å². The zero-order valence-corrected chi connectivity index (χ0v) is 23.6. The van der Waals surface area contributed by atoms with Crippen LogP contribution in [0.5, 0.6) is 11.5 Å². The third-order valence-electron chi connectivity index (χ3n) is 7.05. The molecule has 2 N–H and O–H groups in total. The normalized spacial score (nSPS) is 16.1. The molecule has 0 bridgehead atoms. The summed E-state index contributed by atoms with van der Waals surface area (Å²) in [4.78, 5) is 26.9. The molecule has 214 valence electrons. The highest BCUT2D eigenvalue weighted by Gasteiger charge is 2.62. The molecule has 7 nitrogen and oxygen atoms in total. The van der Waals surface area contributed by atoms with Crippen molar-refractivity contribution in [3.8, 4) is 11.5 Å². The highest BCUT2D eigenvalue weighted by Crippen LogP contribution is 2.46. The Hall–Kier alpha value is -3.07. The number of alkyl halides is 2. The second kappa shape index (κ2) is 12.9. The Bertz CT molecular complexity index is 1150. The van der Waals surface area contributed by atoms with E-state index in [1.165, 1.54) is 4.90 Å². The number of unbranched alkanes of at least 4 members (excludes halogenated alkanes) is 1. The summed E-state index contributed by atoms with van der Waals surface area (Å²) >= 11 is 6.78. The van der Waals surface area contributed by atoms with Crippen LogP contribution < -0.4 is 14.8 Å². The minimum atomic E-state index is -3.14. The molecule has 0 saturated heterocycles. The van der Waals surface area contributed by atoms with Gasteiger partial charge < -0.3 is 24.8 Å². The lowest BCUT2D eigenvalue weighted by atomic mass is 9.73. The van der Waals surface area contributed by atoms with Gasteiger partial charge in [-0.15, -0.1) is 0 Å². The van der Waals surface area contributed by atoms with Gasteiger partial charge in [-0.3, -0.25) is 0 Å². The maximum atomic E-state index is 13.7. The molecule has 2 aromatic carbocycles. The van der Waals surface area contributed by atoms with E-state index in [1.807, 2.05) is 51.1 Å². The number of benzene rings is 2. The Morgan fingerprint density at radius 2 is 1.77 bits per heavy atom. The van der Waals surface area contributed by atoms with E-state index in [0.29, 0.717) is 41.7 Å². The monoisotopic (exact) mass is 566 g/mol. The van der Waals surface area contributed by atoms with E-state index in [0.717, 1.165) is 24.0 Å². The van der Waals surface area contributed by atoms with E-state index in [2.05, 4.69) is 5.32 Å². The van der Waals surface area contributed by atoms with Gasteiger partial charge in [-0.25, -0.2) is 18.4 Å². The molecule has 1 atom stereocenters. The van der Waals surface area contributed by atoms with Crippen LogP contribution in [-0.4, -0.2) is 53.2 Å². The number of nitrogens with one attached hydrogen (secondary N) is 1. The number of urea groups is 1. The number of carboxylic acids is 1. The van der Waals surface area contributed by atoms with Gasteiger partial charge in [0.15, 0.2) is 5.54 Å². The first-order chi connectivity index (χ1) is 18.4. The maximum absolute atomic E-state index is 13.7. The molecule has 39 heavy (non-hydrogen) atoms. The first-order valence-corrected chi connectivity index (χ1v) is 13.6. The molecule has 0 aromatic heterocycles. The van der Waals surface area contributed by atoms with E-state index in [-0.39, 0.29) is 6.54 Å². The van der Waals surface area contributed by atoms with Gasteiger partial charge in [0, 0.05) is 30.5 Å². The molecule has 1 fully saturated rings. The minimum absolute atomic E-state index is 0.254. The summed E-state index contributed by atoms with van der Waals surface area (Å²) in [6.45, 7) is 8.30. The summed E-state index contributed by atoms with van der Waals surface area (Å²) < 4.78 is 39.1. The lowest BCUT2D eigenvalue weighted by Crippen LogP contribution is -2.68. The third-order valence-corrected chi connectivity index (χ3v) is 7.44. The van der Waals surface area contributed by atoms with E-state index in [4.69, 9.17) is 21.1 Å². The van der Waals surface area contributed by atoms with Crippen molar-refractivity contribution in [2.45, 2.75) is 77.3 Å². The number of halogens is 3. The van der Waals surface area contributed by atoms with Crippen LogP contribution in [-0.2, 0) is 11.2 Å². The molecule has 2 amide bonds. The summed E-state index contributed by atoms with van der Waals surface area (Å²) in [6.07, 6.45) is 0.253. The standard InChI is InChI=1S/C29H37ClF2N2O5/c1-5-38-23-16-22(24(30)25(19(23)3)39-6-2)20(4)34(15-11-10-14-21-12-8-7-9-13-21)27(37)33-28(26(35)36)17-29(31,32)18-28/h7-9,12-13,16,20H,5-6,10-11,14-15,17-18H2,1-4H3,(H,33,37)(H,35,36). The number of hydrogen-bond donors (Lipinski definition) is 2. The zero-order valence-electron chi connectivity index (χ0n) is 22.9. The van der Waals surface area contributed by atoms with Crippen LogP contribution in [0.15, 0.2) is 36.4 Å². The fourth-order valence-corrected chi connectivity index (χ4v) is 5.35. The minimum Gasteiger partial charge on any atom is -0.493 e. The summed E-state index contributed by atoms with van der Waals surface area (Å²) in [5.41, 5.74) is 0.412. The van der Waals surface area contributed by atoms with Crippen molar-refractivity contribution in [1.29, 1.82) is 0 Å². The highest BCUT2D eigenvalue weighted by atomic mass is 35.5. The molecule has 0 aliphatic heterocycles. The van der Waals surface area contributed by atoms with Crippen molar-refractivity contribution in [2.75, 3.05) is 19.8 Å². The Morgan fingerprint density at radius 1 is 1.13 bits per heavy atom. The molecule has 1 aliphatic carbocycles. The van der Waals surface area contributed by atoms with Gasteiger partial charge in [0.05, 0.1) is 24.3 Å². The number of ether oxygens (including phenoxy) is 2.